The first-order valence-electron chi connectivity index (χ1n) is 11.0. The Morgan fingerprint density at radius 1 is 1.09 bits per heavy atom. The minimum atomic E-state index is -0.682. The first kappa shape index (κ1) is 23.0. The smallest absolute Gasteiger partial charge is 0.290 e. The van der Waals surface area contributed by atoms with Gasteiger partial charge in [0.15, 0.2) is 5.76 Å². The highest BCUT2D eigenvalue weighted by Crippen LogP contribution is 2.43. The summed E-state index contributed by atoms with van der Waals surface area (Å²) in [5.74, 6) is -0.726. The van der Waals surface area contributed by atoms with E-state index in [1.165, 1.54) is 22.7 Å². The first-order chi connectivity index (χ1) is 17.0. The molecular formula is C27H22N2O4S2. The van der Waals surface area contributed by atoms with E-state index in [0.29, 0.717) is 16.3 Å². The average Bonchev–Trinajstić information content (AvgIpc) is 3.60. The van der Waals surface area contributed by atoms with Gasteiger partial charge in [-0.05, 0) is 36.1 Å². The maximum absolute atomic E-state index is 13.8. The number of carbonyl (C=O) groups excluding carboxylic acids is 2. The molecule has 1 atom stereocenters. The van der Waals surface area contributed by atoms with Crippen LogP contribution in [-0.4, -0.2) is 33.8 Å². The first-order valence-corrected chi connectivity index (χ1v) is 12.7. The number of benzene rings is 2. The zero-order chi connectivity index (χ0) is 24.5. The van der Waals surface area contributed by atoms with Crippen molar-refractivity contribution in [3.63, 3.8) is 0 Å². The summed E-state index contributed by atoms with van der Waals surface area (Å²) in [6, 6.07) is 20.1. The lowest BCUT2D eigenvalue weighted by molar-refractivity contribution is -0.130. The Morgan fingerprint density at radius 2 is 1.83 bits per heavy atom. The molecule has 0 saturated carbocycles. The minimum absolute atomic E-state index is 0.0947. The Balaban J connectivity index is 1.52. The number of rotatable bonds is 7. The molecule has 0 radical (unpaired) electrons. The monoisotopic (exact) mass is 502 g/mol. The predicted molar refractivity (Wildman–Crippen MR) is 137 cm³/mol. The van der Waals surface area contributed by atoms with Gasteiger partial charge in [-0.2, -0.15) is 0 Å². The van der Waals surface area contributed by atoms with E-state index in [4.69, 9.17) is 4.74 Å². The number of Topliss-reactive ketones (excluding diaryl/α,β-unsaturated/α-hetero) is 1. The van der Waals surface area contributed by atoms with Crippen LogP contribution in [0.15, 0.2) is 83.4 Å². The topological polar surface area (TPSA) is 79.7 Å². The van der Waals surface area contributed by atoms with Crippen molar-refractivity contribution in [1.29, 1.82) is 0 Å². The summed E-state index contributed by atoms with van der Waals surface area (Å²) in [6.07, 6.45) is 0. The summed E-state index contributed by atoms with van der Waals surface area (Å²) in [5.41, 5.74) is 2.45. The molecule has 0 fully saturated rings. The summed E-state index contributed by atoms with van der Waals surface area (Å²) < 4.78 is 5.22. The van der Waals surface area contributed by atoms with Gasteiger partial charge < -0.3 is 14.7 Å². The molecule has 176 valence electrons. The highest BCUT2D eigenvalue weighted by atomic mass is 32.1. The Morgan fingerprint density at radius 3 is 2.49 bits per heavy atom. The average molecular weight is 503 g/mol. The number of aliphatic hydroxyl groups is 1. The molecule has 35 heavy (non-hydrogen) atoms. The molecule has 1 aliphatic rings. The predicted octanol–water partition coefficient (Wildman–Crippen LogP) is 5.97. The van der Waals surface area contributed by atoms with Crippen LogP contribution in [-0.2, 0) is 11.3 Å². The zero-order valence-corrected chi connectivity index (χ0v) is 20.7. The van der Waals surface area contributed by atoms with Gasteiger partial charge in [0.1, 0.15) is 16.8 Å². The molecule has 0 saturated heterocycles. The number of hydrogen-bond donors (Lipinski definition) is 1. The SMILES string of the molecule is COc1ccc(CN2C(=O)C(O)=C(C(=O)c3sc(-c4ccccc4)nc3C)C2c2cccs2)cc1. The molecule has 3 heterocycles. The number of carbonyl (C=O) groups is 2. The second-order valence-electron chi connectivity index (χ2n) is 8.09. The molecule has 5 rings (SSSR count). The number of ether oxygens (including phenoxy) is 1. The highest BCUT2D eigenvalue weighted by Gasteiger charge is 2.45. The van der Waals surface area contributed by atoms with Gasteiger partial charge in [0.05, 0.1) is 23.3 Å². The van der Waals surface area contributed by atoms with Gasteiger partial charge in [0.2, 0.25) is 5.78 Å². The van der Waals surface area contributed by atoms with Crippen molar-refractivity contribution in [3.05, 3.63) is 104 Å². The molecule has 8 heteroatoms. The number of thiazole rings is 1. The molecule has 0 aliphatic carbocycles. The van der Waals surface area contributed by atoms with Crippen LogP contribution < -0.4 is 4.74 Å². The number of ketones is 1. The van der Waals surface area contributed by atoms with E-state index < -0.39 is 17.7 Å². The van der Waals surface area contributed by atoms with Gasteiger partial charge in [-0.25, -0.2) is 4.98 Å². The largest absolute Gasteiger partial charge is 0.503 e. The van der Waals surface area contributed by atoms with E-state index in [2.05, 4.69) is 4.98 Å². The van der Waals surface area contributed by atoms with Crippen LogP contribution in [0, 0.1) is 6.92 Å². The van der Waals surface area contributed by atoms with Crippen LogP contribution in [0.3, 0.4) is 0 Å². The van der Waals surface area contributed by atoms with Gasteiger partial charge >= 0.3 is 0 Å². The molecule has 1 unspecified atom stereocenters. The second-order valence-corrected chi connectivity index (χ2v) is 10.1. The number of nitrogens with zero attached hydrogens (tertiary/aromatic N) is 2. The zero-order valence-electron chi connectivity index (χ0n) is 19.1. The van der Waals surface area contributed by atoms with Crippen molar-refractivity contribution in [2.24, 2.45) is 0 Å². The molecule has 2 aromatic carbocycles. The number of aryl methyl sites for hydroxylation is 1. The van der Waals surface area contributed by atoms with E-state index >= 15 is 0 Å². The van der Waals surface area contributed by atoms with Gasteiger partial charge in [0.25, 0.3) is 5.91 Å². The lowest BCUT2D eigenvalue weighted by Gasteiger charge is -2.25. The number of amides is 1. The van der Waals surface area contributed by atoms with Crippen LogP contribution in [0.4, 0.5) is 0 Å². The summed E-state index contributed by atoms with van der Waals surface area (Å²) >= 11 is 2.72. The molecule has 2 aromatic heterocycles. The van der Waals surface area contributed by atoms with Crippen LogP contribution in [0.1, 0.15) is 31.8 Å². The van der Waals surface area contributed by atoms with E-state index in [1.54, 1.807) is 18.9 Å². The lowest BCUT2D eigenvalue weighted by Crippen LogP contribution is -2.30. The van der Waals surface area contributed by atoms with E-state index in [1.807, 2.05) is 72.1 Å². The molecule has 1 amide bonds. The number of methoxy groups -OCH3 is 1. The van der Waals surface area contributed by atoms with Crippen molar-refractivity contribution in [3.8, 4) is 16.3 Å². The van der Waals surface area contributed by atoms with E-state index in [9.17, 15) is 14.7 Å². The molecule has 6 nitrogen and oxygen atoms in total. The fraction of sp³-hybridized carbons (Fsp3) is 0.148. The normalized spacial score (nSPS) is 15.7. The van der Waals surface area contributed by atoms with Crippen LogP contribution >= 0.6 is 22.7 Å². The Kier molecular flexibility index (Phi) is 6.23. The summed E-state index contributed by atoms with van der Waals surface area (Å²) in [4.78, 5) is 34.4. The molecule has 0 spiro atoms. The maximum Gasteiger partial charge on any atom is 0.290 e. The van der Waals surface area contributed by atoms with Crippen molar-refractivity contribution in [2.45, 2.75) is 19.5 Å². The van der Waals surface area contributed by atoms with Crippen molar-refractivity contribution in [2.75, 3.05) is 7.11 Å². The molecule has 0 bridgehead atoms. The Hall–Kier alpha value is -3.75. The van der Waals surface area contributed by atoms with Crippen molar-refractivity contribution in [1.82, 2.24) is 9.88 Å². The molecule has 1 aliphatic heterocycles. The van der Waals surface area contributed by atoms with Gasteiger partial charge in [-0.3, -0.25) is 9.59 Å². The minimum Gasteiger partial charge on any atom is -0.503 e. The third-order valence-electron chi connectivity index (χ3n) is 5.90. The number of thiophene rings is 1. The standard InChI is InChI=1S/C27H22N2O4S2/c1-16-25(35-26(28-16)18-7-4-3-5-8-18)23(30)21-22(20-9-6-14-34-20)29(27(32)24(21)31)15-17-10-12-19(33-2)13-11-17/h3-14,22,31H,15H2,1-2H3. The fourth-order valence-electron chi connectivity index (χ4n) is 4.15. The van der Waals surface area contributed by atoms with Crippen LogP contribution in [0.2, 0.25) is 0 Å². The molecule has 1 N–H and O–H groups in total. The maximum atomic E-state index is 13.8. The summed E-state index contributed by atoms with van der Waals surface area (Å²) in [6.45, 7) is 2.02. The quantitative estimate of drug-likeness (QED) is 0.315. The summed E-state index contributed by atoms with van der Waals surface area (Å²) in [5, 5.41) is 13.6. The second kappa shape index (κ2) is 9.48. The van der Waals surface area contributed by atoms with Gasteiger partial charge in [-0.1, -0.05) is 48.5 Å². The van der Waals surface area contributed by atoms with E-state index in [-0.39, 0.29) is 17.9 Å². The van der Waals surface area contributed by atoms with Gasteiger partial charge in [-0.15, -0.1) is 22.7 Å². The molecular weight excluding hydrogens is 480 g/mol. The number of hydrogen-bond acceptors (Lipinski definition) is 7. The van der Waals surface area contributed by atoms with Crippen molar-refractivity contribution >= 4 is 34.4 Å². The Labute approximate surface area is 210 Å². The lowest BCUT2D eigenvalue weighted by atomic mass is 10.00. The third kappa shape index (κ3) is 4.26. The fourth-order valence-corrected chi connectivity index (χ4v) is 6.02. The number of aromatic nitrogens is 1. The van der Waals surface area contributed by atoms with Crippen LogP contribution in [0.5, 0.6) is 5.75 Å². The number of aliphatic hydroxyl groups excluding tert-OH is 1. The van der Waals surface area contributed by atoms with E-state index in [0.717, 1.165) is 21.0 Å². The van der Waals surface area contributed by atoms with Gasteiger partial charge in [0, 0.05) is 17.0 Å². The highest BCUT2D eigenvalue weighted by molar-refractivity contribution is 7.17. The van der Waals surface area contributed by atoms with Crippen LogP contribution in [0.25, 0.3) is 10.6 Å². The van der Waals surface area contributed by atoms with Crippen molar-refractivity contribution < 1.29 is 19.4 Å². The summed E-state index contributed by atoms with van der Waals surface area (Å²) in [7, 11) is 1.59. The molecule has 4 aromatic rings. The third-order valence-corrected chi connectivity index (χ3v) is 8.03. The Bertz CT molecular complexity index is 1410.